The van der Waals surface area contributed by atoms with Gasteiger partial charge in [-0.25, -0.2) is 9.78 Å². The number of carbonyl (C=O) groups excluding carboxylic acids is 2. The maximum absolute atomic E-state index is 12.3. The average Bonchev–Trinajstić information content (AvgIpc) is 2.79. The second-order valence-electron chi connectivity index (χ2n) is 4.62. The molecule has 0 aliphatic rings. The SMILES string of the molecule is COC(=O)c1ccc(C)c(NC(=O)c2sc(C)nc2C)c1. The van der Waals surface area contributed by atoms with Gasteiger partial charge >= 0.3 is 5.97 Å². The summed E-state index contributed by atoms with van der Waals surface area (Å²) in [6.07, 6.45) is 0. The lowest BCUT2D eigenvalue weighted by Crippen LogP contribution is -2.13. The van der Waals surface area contributed by atoms with Crippen LogP contribution in [0.5, 0.6) is 0 Å². The number of aromatic nitrogens is 1. The smallest absolute Gasteiger partial charge is 0.337 e. The lowest BCUT2D eigenvalue weighted by Gasteiger charge is -2.09. The molecule has 0 saturated heterocycles. The Balaban J connectivity index is 2.28. The number of methoxy groups -OCH3 is 1. The number of aryl methyl sites for hydroxylation is 3. The van der Waals surface area contributed by atoms with Gasteiger partial charge in [-0.2, -0.15) is 0 Å². The van der Waals surface area contributed by atoms with Crippen LogP contribution >= 0.6 is 11.3 Å². The van der Waals surface area contributed by atoms with Crippen LogP contribution in [-0.4, -0.2) is 24.0 Å². The van der Waals surface area contributed by atoms with Crippen molar-refractivity contribution < 1.29 is 14.3 Å². The van der Waals surface area contributed by atoms with E-state index in [4.69, 9.17) is 0 Å². The van der Waals surface area contributed by atoms with Gasteiger partial charge in [0.05, 0.1) is 23.4 Å². The third-order valence-corrected chi connectivity index (χ3v) is 4.09. The van der Waals surface area contributed by atoms with Crippen LogP contribution in [0.25, 0.3) is 0 Å². The Morgan fingerprint density at radius 1 is 1.24 bits per heavy atom. The topological polar surface area (TPSA) is 68.3 Å². The predicted molar refractivity (Wildman–Crippen MR) is 82.1 cm³/mol. The average molecular weight is 304 g/mol. The molecule has 0 saturated carbocycles. The highest BCUT2D eigenvalue weighted by Gasteiger charge is 2.16. The number of thiazole rings is 1. The molecular weight excluding hydrogens is 288 g/mol. The highest BCUT2D eigenvalue weighted by Crippen LogP contribution is 2.22. The van der Waals surface area contributed by atoms with Gasteiger partial charge in [0.15, 0.2) is 0 Å². The van der Waals surface area contributed by atoms with Gasteiger partial charge in [-0.05, 0) is 38.5 Å². The number of hydrogen-bond donors (Lipinski definition) is 1. The minimum Gasteiger partial charge on any atom is -0.465 e. The molecule has 21 heavy (non-hydrogen) atoms. The molecule has 6 heteroatoms. The largest absolute Gasteiger partial charge is 0.465 e. The molecular formula is C15H16N2O3S. The highest BCUT2D eigenvalue weighted by atomic mass is 32.1. The molecule has 0 fully saturated rings. The molecule has 110 valence electrons. The van der Waals surface area contributed by atoms with Gasteiger partial charge in [-0.3, -0.25) is 4.79 Å². The molecule has 1 aromatic heterocycles. The first-order chi connectivity index (χ1) is 9.92. The van der Waals surface area contributed by atoms with Crippen LogP contribution in [0.15, 0.2) is 18.2 Å². The van der Waals surface area contributed by atoms with Crippen molar-refractivity contribution in [1.29, 1.82) is 0 Å². The summed E-state index contributed by atoms with van der Waals surface area (Å²) in [7, 11) is 1.32. The number of nitrogens with one attached hydrogen (secondary N) is 1. The number of benzene rings is 1. The molecule has 2 aromatic rings. The van der Waals surface area contributed by atoms with E-state index in [1.54, 1.807) is 25.1 Å². The number of ether oxygens (including phenoxy) is 1. The molecule has 0 unspecified atom stereocenters. The van der Waals surface area contributed by atoms with E-state index in [-0.39, 0.29) is 5.91 Å². The summed E-state index contributed by atoms with van der Waals surface area (Å²) in [6, 6.07) is 5.05. The molecule has 1 amide bonds. The summed E-state index contributed by atoms with van der Waals surface area (Å²) in [5, 5.41) is 3.67. The van der Waals surface area contributed by atoms with Crippen molar-refractivity contribution in [2.45, 2.75) is 20.8 Å². The molecule has 1 N–H and O–H groups in total. The summed E-state index contributed by atoms with van der Waals surface area (Å²) >= 11 is 1.35. The monoisotopic (exact) mass is 304 g/mol. The number of amides is 1. The number of esters is 1. The first kappa shape index (κ1) is 15.2. The van der Waals surface area contributed by atoms with E-state index in [9.17, 15) is 9.59 Å². The lowest BCUT2D eigenvalue weighted by molar-refractivity contribution is 0.0600. The Morgan fingerprint density at radius 3 is 2.52 bits per heavy atom. The van der Waals surface area contributed by atoms with Gasteiger partial charge in [-0.1, -0.05) is 6.07 Å². The van der Waals surface area contributed by atoms with Gasteiger partial charge in [0.1, 0.15) is 4.88 Å². The number of carbonyl (C=O) groups is 2. The fourth-order valence-corrected chi connectivity index (χ4v) is 2.74. The standard InChI is InChI=1S/C15H16N2O3S/c1-8-5-6-11(15(19)20-4)7-12(8)17-14(18)13-9(2)16-10(3)21-13/h5-7H,1-4H3,(H,17,18). The van der Waals surface area contributed by atoms with Crippen LogP contribution in [0.2, 0.25) is 0 Å². The Kier molecular flexibility index (Phi) is 4.37. The Labute approximate surface area is 127 Å². The molecule has 0 atom stereocenters. The second kappa shape index (κ2) is 6.05. The number of hydrogen-bond acceptors (Lipinski definition) is 5. The van der Waals surface area contributed by atoms with Crippen LogP contribution < -0.4 is 5.32 Å². The van der Waals surface area contributed by atoms with E-state index in [0.717, 1.165) is 10.6 Å². The maximum Gasteiger partial charge on any atom is 0.337 e. The minimum absolute atomic E-state index is 0.219. The molecule has 1 heterocycles. The quantitative estimate of drug-likeness (QED) is 0.885. The molecule has 0 spiro atoms. The van der Waals surface area contributed by atoms with Crippen LogP contribution in [0.3, 0.4) is 0 Å². The Bertz CT molecular complexity index is 707. The first-order valence-electron chi connectivity index (χ1n) is 6.36. The molecule has 0 bridgehead atoms. The zero-order chi connectivity index (χ0) is 15.6. The van der Waals surface area contributed by atoms with Crippen molar-refractivity contribution in [2.75, 3.05) is 12.4 Å². The van der Waals surface area contributed by atoms with Gasteiger partial charge in [0.25, 0.3) is 5.91 Å². The zero-order valence-corrected chi connectivity index (χ0v) is 13.1. The van der Waals surface area contributed by atoms with Gasteiger partial charge < -0.3 is 10.1 Å². The van der Waals surface area contributed by atoms with Crippen molar-refractivity contribution in [3.8, 4) is 0 Å². The van der Waals surface area contributed by atoms with Gasteiger partial charge in [0.2, 0.25) is 0 Å². The molecule has 0 aliphatic carbocycles. The van der Waals surface area contributed by atoms with E-state index in [1.165, 1.54) is 18.4 Å². The van der Waals surface area contributed by atoms with Gasteiger partial charge in [-0.15, -0.1) is 11.3 Å². The predicted octanol–water partition coefficient (Wildman–Crippen LogP) is 3.11. The minimum atomic E-state index is -0.435. The third-order valence-electron chi connectivity index (χ3n) is 3.02. The van der Waals surface area contributed by atoms with Crippen molar-refractivity contribution in [3.63, 3.8) is 0 Å². The van der Waals surface area contributed by atoms with E-state index < -0.39 is 5.97 Å². The molecule has 0 radical (unpaired) electrons. The normalized spacial score (nSPS) is 10.3. The van der Waals surface area contributed by atoms with Crippen molar-refractivity contribution in [1.82, 2.24) is 4.98 Å². The van der Waals surface area contributed by atoms with Crippen LogP contribution in [0.4, 0.5) is 5.69 Å². The van der Waals surface area contributed by atoms with Crippen LogP contribution in [0.1, 0.15) is 36.3 Å². The van der Waals surface area contributed by atoms with Crippen LogP contribution in [-0.2, 0) is 4.74 Å². The highest BCUT2D eigenvalue weighted by molar-refractivity contribution is 7.13. The molecule has 5 nitrogen and oxygen atoms in total. The number of nitrogens with zero attached hydrogens (tertiary/aromatic N) is 1. The lowest BCUT2D eigenvalue weighted by atomic mass is 10.1. The maximum atomic E-state index is 12.3. The molecule has 1 aromatic carbocycles. The second-order valence-corrected chi connectivity index (χ2v) is 5.83. The molecule has 2 rings (SSSR count). The van der Waals surface area contributed by atoms with Crippen LogP contribution in [0, 0.1) is 20.8 Å². The summed E-state index contributed by atoms with van der Waals surface area (Å²) < 4.78 is 4.68. The summed E-state index contributed by atoms with van der Waals surface area (Å²) in [4.78, 5) is 28.7. The van der Waals surface area contributed by atoms with Crippen molar-refractivity contribution in [2.24, 2.45) is 0 Å². The van der Waals surface area contributed by atoms with Crippen molar-refractivity contribution in [3.05, 3.63) is 44.9 Å². The fourth-order valence-electron chi connectivity index (χ4n) is 1.92. The third kappa shape index (κ3) is 3.28. The van der Waals surface area contributed by atoms with Gasteiger partial charge in [0, 0.05) is 5.69 Å². The number of rotatable bonds is 3. The first-order valence-corrected chi connectivity index (χ1v) is 7.18. The zero-order valence-electron chi connectivity index (χ0n) is 12.3. The number of anilines is 1. The van der Waals surface area contributed by atoms with E-state index in [2.05, 4.69) is 15.0 Å². The summed E-state index contributed by atoms with van der Waals surface area (Å²) in [6.45, 7) is 5.52. The van der Waals surface area contributed by atoms with E-state index >= 15 is 0 Å². The van der Waals surface area contributed by atoms with E-state index in [0.29, 0.717) is 21.8 Å². The van der Waals surface area contributed by atoms with E-state index in [1.807, 2.05) is 13.8 Å². The Hall–Kier alpha value is -2.21. The molecule has 0 aliphatic heterocycles. The summed E-state index contributed by atoms with van der Waals surface area (Å²) in [5.74, 6) is -0.654. The Morgan fingerprint density at radius 2 is 1.95 bits per heavy atom. The fraction of sp³-hybridized carbons (Fsp3) is 0.267. The summed E-state index contributed by atoms with van der Waals surface area (Å²) in [5.41, 5.74) is 2.57. The van der Waals surface area contributed by atoms with Crippen molar-refractivity contribution >= 4 is 28.9 Å².